The summed E-state index contributed by atoms with van der Waals surface area (Å²) in [4.78, 5) is 25.3. The van der Waals surface area contributed by atoms with Crippen LogP contribution in [0.3, 0.4) is 0 Å². The van der Waals surface area contributed by atoms with Crippen LogP contribution in [0.4, 0.5) is 21.0 Å². The zero-order chi connectivity index (χ0) is 22.2. The molecule has 0 unspecified atom stereocenters. The van der Waals surface area contributed by atoms with Crippen LogP contribution in [-0.2, 0) is 0 Å². The number of anilines is 2. The first-order valence-corrected chi connectivity index (χ1v) is 19.6. The Hall–Kier alpha value is -2.60. The van der Waals surface area contributed by atoms with Crippen molar-refractivity contribution in [2.45, 2.75) is 0 Å². The SMILES string of the molecule is O=C(Nc1ccccc1-c1ccccc1)[Te][Te]C(=O)Nc1ccccc1-c1ccccc1. The molecule has 0 aliphatic carbocycles. The Balaban J connectivity index is 1.38. The van der Waals surface area contributed by atoms with E-state index in [1.807, 2.05) is 109 Å². The number of carbonyl (C=O) groups excluding carboxylic acids is 2. The fourth-order valence-electron chi connectivity index (χ4n) is 3.26. The van der Waals surface area contributed by atoms with E-state index in [1.165, 1.54) is 0 Å². The van der Waals surface area contributed by atoms with E-state index in [1.54, 1.807) is 0 Å². The van der Waals surface area contributed by atoms with E-state index in [-0.39, 0.29) is 7.91 Å². The van der Waals surface area contributed by atoms with Crippen LogP contribution in [0.1, 0.15) is 0 Å². The van der Waals surface area contributed by atoms with Gasteiger partial charge in [-0.25, -0.2) is 0 Å². The monoisotopic (exact) mass is 652 g/mol. The maximum atomic E-state index is 12.6. The molecular weight excluding hydrogens is 627 g/mol. The molecule has 0 fully saturated rings. The third kappa shape index (κ3) is 6.00. The topological polar surface area (TPSA) is 58.2 Å². The molecule has 0 heterocycles. The molecule has 6 heteroatoms. The number of para-hydroxylation sites is 2. The molecule has 0 saturated heterocycles. The summed E-state index contributed by atoms with van der Waals surface area (Å²) in [5.74, 6) is 0. The van der Waals surface area contributed by atoms with Crippen LogP contribution in [0, 0.1) is 0 Å². The van der Waals surface area contributed by atoms with E-state index >= 15 is 0 Å². The Labute approximate surface area is 203 Å². The van der Waals surface area contributed by atoms with Gasteiger partial charge in [-0.15, -0.1) is 0 Å². The third-order valence-corrected chi connectivity index (χ3v) is 13.8. The first-order chi connectivity index (χ1) is 15.7. The molecule has 4 nitrogen and oxygen atoms in total. The second-order valence-corrected chi connectivity index (χ2v) is 16.3. The second-order valence-electron chi connectivity index (χ2n) is 6.81. The van der Waals surface area contributed by atoms with E-state index < -0.39 is 34.1 Å². The molecule has 0 aromatic heterocycles. The van der Waals surface area contributed by atoms with Gasteiger partial charge in [0.25, 0.3) is 0 Å². The molecule has 0 atom stereocenters. The Morgan fingerprint density at radius 3 is 1.22 bits per heavy atom. The zero-order valence-electron chi connectivity index (χ0n) is 17.0. The number of amides is 2. The molecule has 2 N–H and O–H groups in total. The van der Waals surface area contributed by atoms with Crippen molar-refractivity contribution in [3.8, 4) is 22.3 Å². The third-order valence-electron chi connectivity index (χ3n) is 4.69. The van der Waals surface area contributed by atoms with Gasteiger partial charge in [-0.05, 0) is 0 Å². The average Bonchev–Trinajstić information content (AvgIpc) is 2.84. The summed E-state index contributed by atoms with van der Waals surface area (Å²) in [5.41, 5.74) is 5.64. The number of nitrogens with one attached hydrogen (secondary N) is 2. The molecule has 0 spiro atoms. The van der Waals surface area contributed by atoms with Gasteiger partial charge in [-0.3, -0.25) is 0 Å². The van der Waals surface area contributed by atoms with Gasteiger partial charge in [0.15, 0.2) is 0 Å². The minimum absolute atomic E-state index is 0.00678. The zero-order valence-corrected chi connectivity index (χ0v) is 21.7. The predicted octanol–water partition coefficient (Wildman–Crippen LogP) is 6.11. The van der Waals surface area contributed by atoms with Gasteiger partial charge >= 0.3 is 205 Å². The van der Waals surface area contributed by atoms with Crippen LogP contribution >= 0.6 is 0 Å². The van der Waals surface area contributed by atoms with E-state index in [0.29, 0.717) is 0 Å². The summed E-state index contributed by atoms with van der Waals surface area (Å²) in [6, 6.07) is 35.5. The van der Waals surface area contributed by atoms with Gasteiger partial charge in [0.2, 0.25) is 0 Å². The van der Waals surface area contributed by atoms with Crippen LogP contribution in [0.5, 0.6) is 0 Å². The fraction of sp³-hybridized carbons (Fsp3) is 0. The van der Waals surface area contributed by atoms with Crippen molar-refractivity contribution in [1.29, 1.82) is 0 Å². The Bertz CT molecular complexity index is 1120. The number of carbonyl (C=O) groups is 2. The summed E-state index contributed by atoms with van der Waals surface area (Å²) in [5, 5.41) is 6.07. The van der Waals surface area contributed by atoms with Crippen molar-refractivity contribution in [2.24, 2.45) is 0 Å². The first kappa shape index (κ1) is 22.6. The number of benzene rings is 4. The van der Waals surface area contributed by atoms with E-state index in [2.05, 4.69) is 10.6 Å². The summed E-state index contributed by atoms with van der Waals surface area (Å²) in [6.07, 6.45) is 0. The molecule has 2 amide bonds. The Kier molecular flexibility index (Phi) is 7.99. The Morgan fingerprint density at radius 2 is 0.812 bits per heavy atom. The average molecular weight is 648 g/mol. The summed E-state index contributed by atoms with van der Waals surface area (Å²) < 4.78 is -0.0136. The van der Waals surface area contributed by atoms with Crippen molar-refractivity contribution in [3.63, 3.8) is 0 Å². The first-order valence-electron chi connectivity index (χ1n) is 9.96. The molecule has 0 bridgehead atoms. The number of hydrogen-bond donors (Lipinski definition) is 2. The quantitative estimate of drug-likeness (QED) is 0.238. The molecule has 0 radical (unpaired) electrons. The van der Waals surface area contributed by atoms with E-state index in [0.717, 1.165) is 33.6 Å². The van der Waals surface area contributed by atoms with Crippen LogP contribution < -0.4 is 10.6 Å². The Morgan fingerprint density at radius 1 is 0.469 bits per heavy atom. The van der Waals surface area contributed by atoms with Crippen molar-refractivity contribution >= 4 is 53.4 Å². The van der Waals surface area contributed by atoms with Crippen LogP contribution in [0.15, 0.2) is 109 Å². The van der Waals surface area contributed by atoms with Gasteiger partial charge in [0.05, 0.1) is 0 Å². The summed E-state index contributed by atoms with van der Waals surface area (Å²) >= 11 is -2.17. The number of rotatable bonds is 7. The molecule has 4 aromatic carbocycles. The second kappa shape index (κ2) is 11.3. The standard InChI is InChI=1S/C26H20N2O2Te2/c29-25(27-23-17-9-7-15-21(23)19-11-3-1-4-12-19)31-32-26(30)28-24-18-10-8-16-22(24)20-13-5-2-6-14-20/h1-18H,(H,27,29)(H,28,30). The molecule has 0 aliphatic heterocycles. The van der Waals surface area contributed by atoms with Gasteiger partial charge in [-0.2, -0.15) is 0 Å². The molecule has 32 heavy (non-hydrogen) atoms. The minimum atomic E-state index is -1.08. The molecule has 158 valence electrons. The molecule has 4 rings (SSSR count). The van der Waals surface area contributed by atoms with Crippen molar-refractivity contribution < 1.29 is 9.59 Å². The molecular formula is C26H20N2O2Te2. The van der Waals surface area contributed by atoms with Gasteiger partial charge < -0.3 is 0 Å². The van der Waals surface area contributed by atoms with Crippen LogP contribution in [0.25, 0.3) is 22.3 Å². The number of hydrogen-bond acceptors (Lipinski definition) is 2. The van der Waals surface area contributed by atoms with E-state index in [4.69, 9.17) is 0 Å². The van der Waals surface area contributed by atoms with Crippen molar-refractivity contribution in [2.75, 3.05) is 10.6 Å². The molecule has 0 aliphatic rings. The van der Waals surface area contributed by atoms with Gasteiger partial charge in [-0.1, -0.05) is 0 Å². The van der Waals surface area contributed by atoms with Crippen molar-refractivity contribution in [1.82, 2.24) is 0 Å². The van der Waals surface area contributed by atoms with E-state index in [9.17, 15) is 9.59 Å². The fourth-order valence-corrected chi connectivity index (χ4v) is 9.05. The predicted molar refractivity (Wildman–Crippen MR) is 133 cm³/mol. The summed E-state index contributed by atoms with van der Waals surface area (Å²) in [6.45, 7) is 0. The summed E-state index contributed by atoms with van der Waals surface area (Å²) in [7, 11) is 0. The molecule has 4 aromatic rings. The normalized spacial score (nSPS) is 10.4. The van der Waals surface area contributed by atoms with Gasteiger partial charge in [0, 0.05) is 0 Å². The van der Waals surface area contributed by atoms with Crippen molar-refractivity contribution in [3.05, 3.63) is 109 Å². The van der Waals surface area contributed by atoms with Crippen LogP contribution in [-0.4, -0.2) is 42.0 Å². The molecule has 0 saturated carbocycles. The van der Waals surface area contributed by atoms with Crippen LogP contribution in [0.2, 0.25) is 0 Å². The van der Waals surface area contributed by atoms with Gasteiger partial charge in [0.1, 0.15) is 0 Å². The maximum absolute atomic E-state index is 12.6.